The molecule has 7 nitrogen and oxygen atoms in total. The lowest BCUT2D eigenvalue weighted by molar-refractivity contribution is -0.139. The van der Waals surface area contributed by atoms with Crippen LogP contribution in [0.3, 0.4) is 0 Å². The molecule has 1 atom stereocenters. The monoisotopic (exact) mass is 609 g/mol. The number of carbonyl (C=O) groups is 2. The van der Waals surface area contributed by atoms with Gasteiger partial charge in [-0.1, -0.05) is 46.9 Å². The zero-order valence-corrected chi connectivity index (χ0v) is 25.1. The standard InChI is InChI=1S/C28H30Cl3N3O4S/c1-5-32-28(36)20(4)33(16-21-7-13-25(30)26(31)15-21)27(35)17-34(23-10-6-18(2)19(3)14-23)39(37,38)24-11-8-22(29)9-12-24/h6-15,20H,5,16-17H2,1-4H3,(H,32,36). The molecular formula is C28H30Cl3N3O4S. The molecular weight excluding hydrogens is 581 g/mol. The lowest BCUT2D eigenvalue weighted by atomic mass is 10.1. The SMILES string of the molecule is CCNC(=O)C(C)N(Cc1ccc(Cl)c(Cl)c1)C(=O)CN(c1ccc(C)c(C)c1)S(=O)(=O)c1ccc(Cl)cc1. The molecule has 11 heteroatoms. The van der Waals surface area contributed by atoms with Crippen molar-refractivity contribution in [3.63, 3.8) is 0 Å². The summed E-state index contributed by atoms with van der Waals surface area (Å²) >= 11 is 18.2. The third-order valence-corrected chi connectivity index (χ3v) is 9.09. The first kappa shape index (κ1) is 30.8. The highest BCUT2D eigenvalue weighted by Crippen LogP contribution is 2.28. The van der Waals surface area contributed by atoms with Gasteiger partial charge < -0.3 is 10.2 Å². The molecule has 2 amide bonds. The first-order valence-electron chi connectivity index (χ1n) is 12.2. The van der Waals surface area contributed by atoms with Gasteiger partial charge in [0.15, 0.2) is 0 Å². The molecule has 3 rings (SSSR count). The molecule has 0 aromatic heterocycles. The van der Waals surface area contributed by atoms with Gasteiger partial charge in [0, 0.05) is 18.1 Å². The van der Waals surface area contributed by atoms with Crippen LogP contribution in [0.1, 0.15) is 30.5 Å². The Morgan fingerprint density at radius 3 is 2.15 bits per heavy atom. The topological polar surface area (TPSA) is 86.8 Å². The minimum Gasteiger partial charge on any atom is -0.355 e. The van der Waals surface area contributed by atoms with E-state index < -0.39 is 28.5 Å². The number of halogens is 3. The molecule has 0 aliphatic heterocycles. The summed E-state index contributed by atoms with van der Waals surface area (Å²) in [6.07, 6.45) is 0. The van der Waals surface area contributed by atoms with E-state index in [1.165, 1.54) is 29.2 Å². The highest BCUT2D eigenvalue weighted by molar-refractivity contribution is 7.92. The van der Waals surface area contributed by atoms with Gasteiger partial charge in [-0.3, -0.25) is 13.9 Å². The van der Waals surface area contributed by atoms with Crippen LogP contribution in [0.2, 0.25) is 15.1 Å². The minimum absolute atomic E-state index is 0.00970. The van der Waals surface area contributed by atoms with Crippen LogP contribution in [-0.4, -0.2) is 44.3 Å². The number of rotatable bonds is 10. The van der Waals surface area contributed by atoms with Crippen molar-refractivity contribution in [2.75, 3.05) is 17.4 Å². The van der Waals surface area contributed by atoms with Gasteiger partial charge in [-0.25, -0.2) is 8.42 Å². The molecule has 0 aliphatic rings. The summed E-state index contributed by atoms with van der Waals surface area (Å²) in [6, 6.07) is 14.9. The zero-order valence-electron chi connectivity index (χ0n) is 22.0. The van der Waals surface area contributed by atoms with E-state index in [-0.39, 0.29) is 17.3 Å². The van der Waals surface area contributed by atoms with Crippen LogP contribution in [0, 0.1) is 13.8 Å². The Balaban J connectivity index is 2.06. The number of hydrogen-bond donors (Lipinski definition) is 1. The number of nitrogens with zero attached hydrogens (tertiary/aromatic N) is 2. The van der Waals surface area contributed by atoms with E-state index in [4.69, 9.17) is 34.8 Å². The van der Waals surface area contributed by atoms with Crippen molar-refractivity contribution in [2.24, 2.45) is 0 Å². The number of amides is 2. The van der Waals surface area contributed by atoms with E-state index in [0.29, 0.717) is 32.9 Å². The van der Waals surface area contributed by atoms with E-state index >= 15 is 0 Å². The number of hydrogen-bond acceptors (Lipinski definition) is 4. The molecule has 0 radical (unpaired) electrons. The van der Waals surface area contributed by atoms with Crippen molar-refractivity contribution in [1.82, 2.24) is 10.2 Å². The molecule has 208 valence electrons. The van der Waals surface area contributed by atoms with E-state index in [1.807, 2.05) is 13.8 Å². The van der Waals surface area contributed by atoms with Crippen LogP contribution in [0.5, 0.6) is 0 Å². The number of benzene rings is 3. The number of aryl methyl sites for hydroxylation is 2. The van der Waals surface area contributed by atoms with Gasteiger partial charge in [0.1, 0.15) is 12.6 Å². The minimum atomic E-state index is -4.18. The molecule has 0 bridgehead atoms. The summed E-state index contributed by atoms with van der Waals surface area (Å²) in [5.74, 6) is -0.945. The lowest BCUT2D eigenvalue weighted by Crippen LogP contribution is -2.51. The van der Waals surface area contributed by atoms with Crippen LogP contribution in [0.25, 0.3) is 0 Å². The number of carbonyl (C=O) groups excluding carboxylic acids is 2. The molecule has 1 N–H and O–H groups in total. The summed E-state index contributed by atoms with van der Waals surface area (Å²) in [4.78, 5) is 28.0. The summed E-state index contributed by atoms with van der Waals surface area (Å²) in [6.45, 7) is 6.98. The van der Waals surface area contributed by atoms with Gasteiger partial charge in [0.05, 0.1) is 20.6 Å². The maximum atomic E-state index is 13.9. The Morgan fingerprint density at radius 1 is 0.897 bits per heavy atom. The lowest BCUT2D eigenvalue weighted by Gasteiger charge is -2.32. The fourth-order valence-corrected chi connectivity index (χ4v) is 5.74. The normalized spacial score (nSPS) is 12.1. The fourth-order valence-electron chi connectivity index (χ4n) is 3.88. The average molecular weight is 611 g/mol. The van der Waals surface area contributed by atoms with Crippen LogP contribution >= 0.6 is 34.8 Å². The van der Waals surface area contributed by atoms with Gasteiger partial charge in [-0.05, 0) is 92.9 Å². The molecule has 0 saturated carbocycles. The van der Waals surface area contributed by atoms with Gasteiger partial charge in [-0.15, -0.1) is 0 Å². The molecule has 3 aromatic carbocycles. The Bertz CT molecular complexity index is 1460. The predicted octanol–water partition coefficient (Wildman–Crippen LogP) is 6.01. The Labute approximate surface area is 244 Å². The highest BCUT2D eigenvalue weighted by Gasteiger charge is 2.32. The van der Waals surface area contributed by atoms with E-state index in [1.54, 1.807) is 50.2 Å². The molecule has 0 heterocycles. The van der Waals surface area contributed by atoms with Gasteiger partial charge >= 0.3 is 0 Å². The second-order valence-corrected chi connectivity index (χ2v) is 12.2. The predicted molar refractivity (Wildman–Crippen MR) is 157 cm³/mol. The fraction of sp³-hybridized carbons (Fsp3) is 0.286. The first-order chi connectivity index (χ1) is 18.3. The average Bonchev–Trinajstić information content (AvgIpc) is 2.89. The number of likely N-dealkylation sites (N-methyl/N-ethyl adjacent to an activating group) is 1. The van der Waals surface area contributed by atoms with Crippen molar-refractivity contribution in [3.8, 4) is 0 Å². The van der Waals surface area contributed by atoms with Gasteiger partial charge in [0.2, 0.25) is 11.8 Å². The van der Waals surface area contributed by atoms with Crippen molar-refractivity contribution in [1.29, 1.82) is 0 Å². The first-order valence-corrected chi connectivity index (χ1v) is 14.8. The van der Waals surface area contributed by atoms with Crippen molar-refractivity contribution < 1.29 is 18.0 Å². The quantitative estimate of drug-likeness (QED) is 0.305. The summed E-state index contributed by atoms with van der Waals surface area (Å²) in [5, 5.41) is 3.76. The summed E-state index contributed by atoms with van der Waals surface area (Å²) in [5.41, 5.74) is 2.79. The maximum Gasteiger partial charge on any atom is 0.264 e. The highest BCUT2D eigenvalue weighted by atomic mass is 35.5. The Morgan fingerprint density at radius 2 is 1.56 bits per heavy atom. The number of anilines is 1. The summed E-state index contributed by atoms with van der Waals surface area (Å²) in [7, 11) is -4.18. The van der Waals surface area contributed by atoms with E-state index in [0.717, 1.165) is 15.4 Å². The molecule has 0 aliphatic carbocycles. The molecule has 0 saturated heterocycles. The summed E-state index contributed by atoms with van der Waals surface area (Å²) < 4.78 is 28.7. The Hall–Kier alpha value is -2.78. The third-order valence-electron chi connectivity index (χ3n) is 6.31. The molecule has 39 heavy (non-hydrogen) atoms. The molecule has 1 unspecified atom stereocenters. The maximum absolute atomic E-state index is 13.9. The largest absolute Gasteiger partial charge is 0.355 e. The second-order valence-electron chi connectivity index (χ2n) is 9.07. The van der Waals surface area contributed by atoms with Crippen LogP contribution in [0.15, 0.2) is 65.6 Å². The molecule has 3 aromatic rings. The molecule has 0 fully saturated rings. The zero-order chi connectivity index (χ0) is 28.9. The van der Waals surface area contributed by atoms with Gasteiger partial charge in [0.25, 0.3) is 10.0 Å². The van der Waals surface area contributed by atoms with Crippen molar-refractivity contribution in [3.05, 3.63) is 92.4 Å². The van der Waals surface area contributed by atoms with E-state index in [9.17, 15) is 18.0 Å². The second kappa shape index (κ2) is 13.0. The molecule has 0 spiro atoms. The van der Waals surface area contributed by atoms with Crippen LogP contribution < -0.4 is 9.62 Å². The van der Waals surface area contributed by atoms with Crippen LogP contribution in [0.4, 0.5) is 5.69 Å². The Kier molecular flexibility index (Phi) is 10.3. The van der Waals surface area contributed by atoms with Crippen LogP contribution in [-0.2, 0) is 26.2 Å². The van der Waals surface area contributed by atoms with Crippen molar-refractivity contribution in [2.45, 2.75) is 45.2 Å². The number of sulfonamides is 1. The van der Waals surface area contributed by atoms with Gasteiger partial charge in [-0.2, -0.15) is 0 Å². The number of nitrogens with one attached hydrogen (secondary N) is 1. The van der Waals surface area contributed by atoms with Crippen molar-refractivity contribution >= 4 is 62.3 Å². The smallest absolute Gasteiger partial charge is 0.264 e. The van der Waals surface area contributed by atoms with E-state index in [2.05, 4.69) is 5.32 Å². The third kappa shape index (κ3) is 7.45.